The normalized spacial score (nSPS) is 17.9. The highest BCUT2D eigenvalue weighted by molar-refractivity contribution is 5.40. The average molecular weight is 275 g/mol. The monoisotopic (exact) mass is 275 g/mol. The van der Waals surface area contributed by atoms with Crippen molar-refractivity contribution >= 4 is 5.82 Å². The summed E-state index contributed by atoms with van der Waals surface area (Å²) in [5, 5.41) is 0. The van der Waals surface area contributed by atoms with Gasteiger partial charge >= 0.3 is 0 Å². The Morgan fingerprint density at radius 1 is 1.25 bits per heavy atom. The van der Waals surface area contributed by atoms with Crippen LogP contribution in [0.3, 0.4) is 0 Å². The lowest BCUT2D eigenvalue weighted by Gasteiger charge is -2.34. The summed E-state index contributed by atoms with van der Waals surface area (Å²) in [4.78, 5) is 7.16. The second kappa shape index (κ2) is 7.63. The van der Waals surface area contributed by atoms with Crippen molar-refractivity contribution < 1.29 is 0 Å². The SMILES string of the molecule is CCC(N)Cc1ccc(N(CC)C2CCCCC2)nc1. The third kappa shape index (κ3) is 3.95. The van der Waals surface area contributed by atoms with Gasteiger partial charge in [0.15, 0.2) is 0 Å². The zero-order chi connectivity index (χ0) is 14.4. The maximum atomic E-state index is 6.01. The molecule has 1 saturated carbocycles. The largest absolute Gasteiger partial charge is 0.354 e. The molecule has 1 aromatic rings. The van der Waals surface area contributed by atoms with E-state index in [1.165, 1.54) is 37.7 Å². The topological polar surface area (TPSA) is 42.1 Å². The number of anilines is 1. The number of nitrogens with zero attached hydrogens (tertiary/aromatic N) is 2. The molecule has 0 aliphatic heterocycles. The number of hydrogen-bond acceptors (Lipinski definition) is 3. The van der Waals surface area contributed by atoms with Crippen molar-refractivity contribution in [3.63, 3.8) is 0 Å². The summed E-state index contributed by atoms with van der Waals surface area (Å²) in [7, 11) is 0. The molecule has 2 N–H and O–H groups in total. The van der Waals surface area contributed by atoms with Gasteiger partial charge in [0.1, 0.15) is 5.82 Å². The van der Waals surface area contributed by atoms with E-state index in [1.54, 1.807) is 0 Å². The molecule has 112 valence electrons. The molecule has 1 heterocycles. The maximum Gasteiger partial charge on any atom is 0.128 e. The van der Waals surface area contributed by atoms with Gasteiger partial charge in [-0.1, -0.05) is 32.3 Å². The lowest BCUT2D eigenvalue weighted by molar-refractivity contribution is 0.416. The molecule has 1 aliphatic carbocycles. The number of aromatic nitrogens is 1. The molecule has 0 bridgehead atoms. The van der Waals surface area contributed by atoms with Crippen molar-refractivity contribution in [1.29, 1.82) is 0 Å². The number of rotatable bonds is 6. The van der Waals surface area contributed by atoms with E-state index in [2.05, 4.69) is 35.9 Å². The van der Waals surface area contributed by atoms with Crippen LogP contribution in [0.25, 0.3) is 0 Å². The Labute approximate surface area is 123 Å². The third-order valence-corrected chi connectivity index (χ3v) is 4.48. The van der Waals surface area contributed by atoms with E-state index in [1.807, 2.05) is 6.20 Å². The number of pyridine rings is 1. The van der Waals surface area contributed by atoms with Crippen LogP contribution in [0.4, 0.5) is 5.82 Å². The van der Waals surface area contributed by atoms with Gasteiger partial charge in [-0.3, -0.25) is 0 Å². The van der Waals surface area contributed by atoms with Crippen LogP contribution in [0.2, 0.25) is 0 Å². The molecule has 0 amide bonds. The Morgan fingerprint density at radius 2 is 2.00 bits per heavy atom. The predicted molar refractivity (Wildman–Crippen MR) is 86.1 cm³/mol. The molecule has 0 aromatic carbocycles. The first-order valence-corrected chi connectivity index (χ1v) is 8.21. The van der Waals surface area contributed by atoms with Crippen LogP contribution in [0.15, 0.2) is 18.3 Å². The first kappa shape index (κ1) is 15.3. The van der Waals surface area contributed by atoms with E-state index in [0.717, 1.165) is 25.2 Å². The third-order valence-electron chi connectivity index (χ3n) is 4.48. The van der Waals surface area contributed by atoms with Crippen LogP contribution < -0.4 is 10.6 Å². The molecular weight excluding hydrogens is 246 g/mol. The van der Waals surface area contributed by atoms with Crippen LogP contribution in [0.5, 0.6) is 0 Å². The second-order valence-electron chi connectivity index (χ2n) is 5.97. The summed E-state index contributed by atoms with van der Waals surface area (Å²) in [5.41, 5.74) is 7.26. The molecule has 1 aliphatic rings. The first-order chi connectivity index (χ1) is 9.74. The van der Waals surface area contributed by atoms with Gasteiger partial charge in [-0.25, -0.2) is 4.98 Å². The van der Waals surface area contributed by atoms with Gasteiger partial charge in [-0.2, -0.15) is 0 Å². The fourth-order valence-corrected chi connectivity index (χ4v) is 3.15. The summed E-state index contributed by atoms with van der Waals surface area (Å²) in [5.74, 6) is 1.13. The Balaban J connectivity index is 2.02. The average Bonchev–Trinajstić information content (AvgIpc) is 2.50. The molecule has 0 saturated heterocycles. The molecule has 1 unspecified atom stereocenters. The molecule has 2 rings (SSSR count). The molecule has 1 fully saturated rings. The summed E-state index contributed by atoms with van der Waals surface area (Å²) in [6, 6.07) is 5.31. The van der Waals surface area contributed by atoms with Crippen LogP contribution >= 0.6 is 0 Å². The first-order valence-electron chi connectivity index (χ1n) is 8.21. The van der Waals surface area contributed by atoms with Crippen molar-refractivity contribution in [3.8, 4) is 0 Å². The summed E-state index contributed by atoms with van der Waals surface area (Å²) < 4.78 is 0. The highest BCUT2D eigenvalue weighted by Crippen LogP contribution is 2.26. The lowest BCUT2D eigenvalue weighted by Crippen LogP contribution is -2.37. The fraction of sp³-hybridized carbons (Fsp3) is 0.706. The van der Waals surface area contributed by atoms with Crippen LogP contribution in [0, 0.1) is 0 Å². The highest BCUT2D eigenvalue weighted by atomic mass is 15.2. The molecule has 3 nitrogen and oxygen atoms in total. The summed E-state index contributed by atoms with van der Waals surface area (Å²) in [6.45, 7) is 5.41. The van der Waals surface area contributed by atoms with Gasteiger partial charge in [0.25, 0.3) is 0 Å². The number of hydrogen-bond donors (Lipinski definition) is 1. The van der Waals surface area contributed by atoms with Crippen molar-refractivity contribution in [2.45, 2.75) is 70.9 Å². The summed E-state index contributed by atoms with van der Waals surface area (Å²) in [6.07, 6.45) is 10.7. The molecule has 1 atom stereocenters. The van der Waals surface area contributed by atoms with Crippen molar-refractivity contribution in [2.75, 3.05) is 11.4 Å². The highest BCUT2D eigenvalue weighted by Gasteiger charge is 2.20. The molecule has 0 radical (unpaired) electrons. The smallest absolute Gasteiger partial charge is 0.128 e. The van der Waals surface area contributed by atoms with Gasteiger partial charge in [-0.05, 0) is 44.2 Å². The van der Waals surface area contributed by atoms with Gasteiger partial charge in [0.05, 0.1) is 0 Å². The zero-order valence-corrected chi connectivity index (χ0v) is 13.0. The van der Waals surface area contributed by atoms with E-state index >= 15 is 0 Å². The summed E-state index contributed by atoms with van der Waals surface area (Å²) >= 11 is 0. The molecule has 20 heavy (non-hydrogen) atoms. The van der Waals surface area contributed by atoms with E-state index in [9.17, 15) is 0 Å². The van der Waals surface area contributed by atoms with E-state index in [4.69, 9.17) is 5.73 Å². The lowest BCUT2D eigenvalue weighted by atomic mass is 9.94. The maximum absolute atomic E-state index is 6.01. The Bertz CT molecular complexity index is 382. The van der Waals surface area contributed by atoms with Crippen LogP contribution in [0.1, 0.15) is 57.9 Å². The minimum atomic E-state index is 0.253. The minimum absolute atomic E-state index is 0.253. The van der Waals surface area contributed by atoms with Crippen LogP contribution in [-0.2, 0) is 6.42 Å². The van der Waals surface area contributed by atoms with Crippen molar-refractivity contribution in [1.82, 2.24) is 4.98 Å². The molecule has 3 heteroatoms. The van der Waals surface area contributed by atoms with Gasteiger partial charge in [0.2, 0.25) is 0 Å². The van der Waals surface area contributed by atoms with Crippen molar-refractivity contribution in [3.05, 3.63) is 23.9 Å². The predicted octanol–water partition coefficient (Wildman–Crippen LogP) is 3.52. The molecule has 0 spiro atoms. The van der Waals surface area contributed by atoms with Gasteiger partial charge in [-0.15, -0.1) is 0 Å². The quantitative estimate of drug-likeness (QED) is 0.863. The Hall–Kier alpha value is -1.09. The standard InChI is InChI=1S/C17H29N3/c1-3-15(18)12-14-10-11-17(19-13-14)20(4-2)16-8-6-5-7-9-16/h10-11,13,15-16H,3-9,12,18H2,1-2H3. The van der Waals surface area contributed by atoms with E-state index in [0.29, 0.717) is 6.04 Å². The Morgan fingerprint density at radius 3 is 2.55 bits per heavy atom. The van der Waals surface area contributed by atoms with Crippen molar-refractivity contribution in [2.24, 2.45) is 5.73 Å². The van der Waals surface area contributed by atoms with Gasteiger partial charge in [0, 0.05) is 24.8 Å². The number of nitrogens with two attached hydrogens (primary N) is 1. The Kier molecular flexibility index (Phi) is 5.84. The second-order valence-corrected chi connectivity index (χ2v) is 5.97. The fourth-order valence-electron chi connectivity index (χ4n) is 3.15. The van der Waals surface area contributed by atoms with Gasteiger partial charge < -0.3 is 10.6 Å². The minimum Gasteiger partial charge on any atom is -0.354 e. The van der Waals surface area contributed by atoms with E-state index < -0.39 is 0 Å². The molecule has 1 aromatic heterocycles. The van der Waals surface area contributed by atoms with Crippen LogP contribution in [-0.4, -0.2) is 23.6 Å². The van der Waals surface area contributed by atoms with E-state index in [-0.39, 0.29) is 6.04 Å². The zero-order valence-electron chi connectivity index (χ0n) is 13.0. The molecular formula is C17H29N3.